The minimum atomic E-state index is -0.0226. The lowest BCUT2D eigenvalue weighted by molar-refractivity contribution is -0.118. The Morgan fingerprint density at radius 1 is 1.20 bits per heavy atom. The molecule has 5 nitrogen and oxygen atoms in total. The number of carbonyl (C=O) groups is 1. The molecule has 0 atom stereocenters. The normalized spacial score (nSPS) is 11.2. The molecule has 1 N–H and O–H groups in total. The summed E-state index contributed by atoms with van der Waals surface area (Å²) in [6, 6.07) is 9.49. The second-order valence-electron chi connectivity index (χ2n) is 5.77. The lowest BCUT2D eigenvalue weighted by Gasteiger charge is -2.18. The number of amides is 1. The maximum atomic E-state index is 12.3. The van der Waals surface area contributed by atoms with Crippen LogP contribution in [-0.4, -0.2) is 47.3 Å². The molecule has 25 heavy (non-hydrogen) atoms. The van der Waals surface area contributed by atoms with Crippen molar-refractivity contribution in [2.24, 2.45) is 0 Å². The van der Waals surface area contributed by atoms with E-state index >= 15 is 0 Å². The predicted octanol–water partition coefficient (Wildman–Crippen LogP) is 2.57. The third-order valence-corrected chi connectivity index (χ3v) is 5.36. The highest BCUT2D eigenvalue weighted by molar-refractivity contribution is 8.00. The number of hydrogen-bond donors (Lipinski definition) is 1. The van der Waals surface area contributed by atoms with Crippen LogP contribution in [0.15, 0.2) is 40.0 Å². The van der Waals surface area contributed by atoms with Crippen LogP contribution in [0.3, 0.4) is 0 Å². The Bertz CT molecular complexity index is 769. The van der Waals surface area contributed by atoms with Gasteiger partial charge in [0.2, 0.25) is 5.91 Å². The minimum Gasteiger partial charge on any atom is -0.354 e. The Morgan fingerprint density at radius 3 is 2.60 bits per heavy atom. The molecule has 0 saturated heterocycles. The van der Waals surface area contributed by atoms with Crippen LogP contribution in [0.25, 0.3) is 10.9 Å². The Morgan fingerprint density at radius 2 is 1.92 bits per heavy atom. The zero-order valence-electron chi connectivity index (χ0n) is 15.2. The number of aromatic nitrogens is 1. The molecule has 2 rings (SSSR count). The Labute approximate surface area is 153 Å². The van der Waals surface area contributed by atoms with Gasteiger partial charge in [0.25, 0.3) is 5.56 Å². The van der Waals surface area contributed by atoms with Gasteiger partial charge in [-0.2, -0.15) is 0 Å². The number of aryl methyl sites for hydroxylation is 1. The van der Waals surface area contributed by atoms with Crippen LogP contribution < -0.4 is 10.9 Å². The first-order valence-electron chi connectivity index (χ1n) is 8.85. The van der Waals surface area contributed by atoms with E-state index in [-0.39, 0.29) is 11.5 Å². The van der Waals surface area contributed by atoms with Gasteiger partial charge in [-0.15, -0.1) is 11.8 Å². The number of pyridine rings is 1. The molecular weight excluding hydrogens is 334 g/mol. The number of fused-ring (bicyclic) bond motifs is 1. The van der Waals surface area contributed by atoms with Gasteiger partial charge in [0.15, 0.2) is 0 Å². The van der Waals surface area contributed by atoms with E-state index in [1.165, 1.54) is 11.8 Å². The topological polar surface area (TPSA) is 54.3 Å². The fourth-order valence-electron chi connectivity index (χ4n) is 2.84. The first-order valence-corrected chi connectivity index (χ1v) is 9.83. The van der Waals surface area contributed by atoms with E-state index in [0.717, 1.165) is 35.4 Å². The van der Waals surface area contributed by atoms with Crippen LogP contribution in [0.4, 0.5) is 0 Å². The summed E-state index contributed by atoms with van der Waals surface area (Å²) in [7, 11) is 0. The Kier molecular flexibility index (Phi) is 7.52. The zero-order valence-corrected chi connectivity index (χ0v) is 16.1. The first kappa shape index (κ1) is 19.5. The van der Waals surface area contributed by atoms with Gasteiger partial charge < -0.3 is 14.8 Å². The number of para-hydroxylation sites is 1. The van der Waals surface area contributed by atoms with Crippen molar-refractivity contribution >= 4 is 28.6 Å². The molecule has 136 valence electrons. The lowest BCUT2D eigenvalue weighted by Crippen LogP contribution is -2.35. The van der Waals surface area contributed by atoms with Crippen molar-refractivity contribution in [3.63, 3.8) is 0 Å². The van der Waals surface area contributed by atoms with Crippen molar-refractivity contribution in [2.75, 3.05) is 31.9 Å². The summed E-state index contributed by atoms with van der Waals surface area (Å²) in [5.41, 5.74) is 0.896. The summed E-state index contributed by atoms with van der Waals surface area (Å²) in [5, 5.41) is 3.97. The molecule has 0 aliphatic heterocycles. The summed E-state index contributed by atoms with van der Waals surface area (Å²) in [6.45, 7) is 10.3. The number of thioether (sulfide) groups is 1. The standard InChI is InChI=1S/C19H27N3O2S/c1-4-21(5-2)12-11-20-18(23)14-25-17-13-19(24)22(6-3)16-10-8-7-9-15(16)17/h7-10,13H,4-6,11-12,14H2,1-3H3,(H,20,23). The van der Waals surface area contributed by atoms with Crippen LogP contribution in [0.5, 0.6) is 0 Å². The number of nitrogens with one attached hydrogen (secondary N) is 1. The summed E-state index contributed by atoms with van der Waals surface area (Å²) < 4.78 is 1.75. The number of nitrogens with zero attached hydrogens (tertiary/aromatic N) is 2. The van der Waals surface area contributed by atoms with Crippen molar-refractivity contribution in [3.05, 3.63) is 40.7 Å². The van der Waals surface area contributed by atoms with E-state index in [4.69, 9.17) is 0 Å². The molecule has 1 aromatic carbocycles. The molecule has 1 aromatic heterocycles. The Hall–Kier alpha value is -1.79. The average Bonchev–Trinajstić information content (AvgIpc) is 2.63. The molecule has 6 heteroatoms. The van der Waals surface area contributed by atoms with Gasteiger partial charge in [0.1, 0.15) is 0 Å². The molecule has 0 saturated carbocycles. The smallest absolute Gasteiger partial charge is 0.252 e. The number of hydrogen-bond acceptors (Lipinski definition) is 4. The molecule has 1 amide bonds. The monoisotopic (exact) mass is 361 g/mol. The third-order valence-electron chi connectivity index (χ3n) is 4.30. The highest BCUT2D eigenvalue weighted by Crippen LogP contribution is 2.26. The second-order valence-corrected chi connectivity index (χ2v) is 6.79. The minimum absolute atomic E-state index is 0.000840. The van der Waals surface area contributed by atoms with E-state index < -0.39 is 0 Å². The highest BCUT2D eigenvalue weighted by Gasteiger charge is 2.10. The van der Waals surface area contributed by atoms with Crippen LogP contribution >= 0.6 is 11.8 Å². The SMILES string of the molecule is CCN(CC)CCNC(=O)CSc1cc(=O)n(CC)c2ccccc12. The predicted molar refractivity (Wildman–Crippen MR) is 105 cm³/mol. The van der Waals surface area contributed by atoms with Gasteiger partial charge >= 0.3 is 0 Å². The van der Waals surface area contributed by atoms with Crippen molar-refractivity contribution in [3.8, 4) is 0 Å². The third kappa shape index (κ3) is 5.09. The van der Waals surface area contributed by atoms with Crippen molar-refractivity contribution < 1.29 is 4.79 Å². The maximum absolute atomic E-state index is 12.3. The van der Waals surface area contributed by atoms with E-state index in [2.05, 4.69) is 24.1 Å². The van der Waals surface area contributed by atoms with Crippen LogP contribution in [0, 0.1) is 0 Å². The van der Waals surface area contributed by atoms with Crippen molar-refractivity contribution in [2.45, 2.75) is 32.2 Å². The van der Waals surface area contributed by atoms with Gasteiger partial charge in [-0.1, -0.05) is 32.0 Å². The van der Waals surface area contributed by atoms with E-state index in [0.29, 0.717) is 18.8 Å². The number of benzene rings is 1. The molecule has 0 spiro atoms. The quantitative estimate of drug-likeness (QED) is 0.698. The molecule has 1 heterocycles. The fourth-order valence-corrected chi connectivity index (χ4v) is 3.74. The van der Waals surface area contributed by atoms with Gasteiger partial charge in [0.05, 0.1) is 11.3 Å². The van der Waals surface area contributed by atoms with Crippen molar-refractivity contribution in [1.29, 1.82) is 0 Å². The van der Waals surface area contributed by atoms with Crippen LogP contribution in [-0.2, 0) is 11.3 Å². The largest absolute Gasteiger partial charge is 0.354 e. The number of rotatable bonds is 9. The molecule has 2 aromatic rings. The fraction of sp³-hybridized carbons (Fsp3) is 0.474. The van der Waals surface area contributed by atoms with Gasteiger partial charge in [0, 0.05) is 36.0 Å². The molecule has 0 aliphatic carbocycles. The van der Waals surface area contributed by atoms with Gasteiger partial charge in [-0.3, -0.25) is 9.59 Å². The summed E-state index contributed by atoms with van der Waals surface area (Å²) in [6.07, 6.45) is 0. The maximum Gasteiger partial charge on any atom is 0.252 e. The van der Waals surface area contributed by atoms with E-state index in [9.17, 15) is 9.59 Å². The molecule has 0 aliphatic rings. The molecule has 0 bridgehead atoms. The first-order chi connectivity index (χ1) is 12.1. The van der Waals surface area contributed by atoms with Crippen molar-refractivity contribution in [1.82, 2.24) is 14.8 Å². The van der Waals surface area contributed by atoms with Crippen LogP contribution in [0.1, 0.15) is 20.8 Å². The molecule has 0 radical (unpaired) electrons. The molecule has 0 unspecified atom stereocenters. The Balaban J connectivity index is 2.01. The number of likely N-dealkylation sites (N-methyl/N-ethyl adjacent to an activating group) is 1. The summed E-state index contributed by atoms with van der Waals surface area (Å²) in [4.78, 5) is 27.5. The number of carbonyl (C=O) groups excluding carboxylic acids is 1. The zero-order chi connectivity index (χ0) is 18.2. The summed E-state index contributed by atoms with van der Waals surface area (Å²) >= 11 is 1.42. The van der Waals surface area contributed by atoms with Crippen LogP contribution in [0.2, 0.25) is 0 Å². The van der Waals surface area contributed by atoms with Gasteiger partial charge in [-0.05, 0) is 26.1 Å². The molecular formula is C19H27N3O2S. The highest BCUT2D eigenvalue weighted by atomic mass is 32.2. The van der Waals surface area contributed by atoms with E-state index in [1.807, 2.05) is 31.2 Å². The average molecular weight is 362 g/mol. The van der Waals surface area contributed by atoms with Gasteiger partial charge in [-0.25, -0.2) is 0 Å². The second kappa shape index (κ2) is 9.63. The lowest BCUT2D eigenvalue weighted by atomic mass is 10.2. The van der Waals surface area contributed by atoms with E-state index in [1.54, 1.807) is 10.6 Å². The molecule has 0 fully saturated rings. The summed E-state index contributed by atoms with van der Waals surface area (Å²) in [5.74, 6) is 0.318.